The summed E-state index contributed by atoms with van der Waals surface area (Å²) in [4.78, 5) is 37.7. The van der Waals surface area contributed by atoms with Crippen molar-refractivity contribution in [3.63, 3.8) is 0 Å². The predicted molar refractivity (Wildman–Crippen MR) is 238 cm³/mol. The molecule has 0 saturated heterocycles. The number of esters is 3. The average Bonchev–Trinajstić information content (AvgIpc) is 3.19. The van der Waals surface area contributed by atoms with Gasteiger partial charge in [-0.25, -0.2) is 0 Å². The van der Waals surface area contributed by atoms with Crippen molar-refractivity contribution in [3.05, 3.63) is 60.8 Å². The van der Waals surface area contributed by atoms with Crippen LogP contribution in [0.3, 0.4) is 0 Å². The molecule has 0 aliphatic heterocycles. The molecular formula is C50H86O6. The van der Waals surface area contributed by atoms with Crippen molar-refractivity contribution in [2.75, 3.05) is 13.2 Å². The van der Waals surface area contributed by atoms with Gasteiger partial charge in [0.15, 0.2) is 6.10 Å². The third-order valence-corrected chi connectivity index (χ3v) is 9.77. The maximum Gasteiger partial charge on any atom is 0.306 e. The summed E-state index contributed by atoms with van der Waals surface area (Å²) in [6, 6.07) is 0. The highest BCUT2D eigenvalue weighted by Gasteiger charge is 2.19. The first-order valence-electron chi connectivity index (χ1n) is 23.3. The SMILES string of the molecule is CC/C=C\C/C=C\C/C=C\CCCC(=O)OCC(COC(=O)CCCCCCCCCCCCCCCC)OC(=O)CC/C=C\C/C=C\CCCCCCCC. The van der Waals surface area contributed by atoms with Crippen molar-refractivity contribution in [2.24, 2.45) is 0 Å². The van der Waals surface area contributed by atoms with Gasteiger partial charge in [0, 0.05) is 19.3 Å². The molecular weight excluding hydrogens is 697 g/mol. The van der Waals surface area contributed by atoms with E-state index < -0.39 is 12.1 Å². The molecule has 0 aromatic heterocycles. The summed E-state index contributed by atoms with van der Waals surface area (Å²) in [5.74, 6) is -1.04. The average molecular weight is 783 g/mol. The van der Waals surface area contributed by atoms with Crippen LogP contribution in [0, 0.1) is 0 Å². The summed E-state index contributed by atoms with van der Waals surface area (Å²) in [7, 11) is 0. The van der Waals surface area contributed by atoms with Gasteiger partial charge < -0.3 is 14.2 Å². The van der Waals surface area contributed by atoms with E-state index in [4.69, 9.17) is 14.2 Å². The standard InChI is InChI=1S/C50H86O6/c1-4-7-10-13-16-19-22-24-26-28-31-34-37-40-43-49(52)55-46-47(45-54-48(51)42-39-36-33-30-27-21-18-15-12-9-6-3)56-50(53)44-41-38-35-32-29-25-23-20-17-14-11-8-5-2/h9,12,18,21,25,29-30,33,35,38,47H,4-8,10-11,13-17,19-20,22-24,26-28,31-32,34,36-37,39-46H2,1-3H3/b12-9-,21-18-,29-25-,33-30-,38-35-. The van der Waals surface area contributed by atoms with E-state index >= 15 is 0 Å². The number of carbonyl (C=O) groups excluding carboxylic acids is 3. The Morgan fingerprint density at radius 2 is 0.750 bits per heavy atom. The molecule has 0 aliphatic carbocycles. The van der Waals surface area contributed by atoms with Crippen molar-refractivity contribution in [1.82, 2.24) is 0 Å². The normalized spacial score (nSPS) is 12.6. The van der Waals surface area contributed by atoms with Gasteiger partial charge in [0.1, 0.15) is 13.2 Å². The molecule has 1 unspecified atom stereocenters. The molecule has 0 aromatic rings. The topological polar surface area (TPSA) is 78.9 Å². The van der Waals surface area contributed by atoms with Gasteiger partial charge in [-0.2, -0.15) is 0 Å². The lowest BCUT2D eigenvalue weighted by atomic mass is 10.0. The highest BCUT2D eigenvalue weighted by atomic mass is 16.6. The van der Waals surface area contributed by atoms with Crippen LogP contribution in [0.1, 0.15) is 220 Å². The van der Waals surface area contributed by atoms with Crippen LogP contribution in [0.15, 0.2) is 60.8 Å². The minimum Gasteiger partial charge on any atom is -0.462 e. The summed E-state index contributed by atoms with van der Waals surface area (Å²) in [5, 5.41) is 0. The summed E-state index contributed by atoms with van der Waals surface area (Å²) in [6.45, 7) is 6.40. The Balaban J connectivity index is 4.49. The fourth-order valence-electron chi connectivity index (χ4n) is 6.28. The van der Waals surface area contributed by atoms with Crippen LogP contribution in [0.4, 0.5) is 0 Å². The number of hydrogen-bond acceptors (Lipinski definition) is 6. The molecule has 6 nitrogen and oxygen atoms in total. The van der Waals surface area contributed by atoms with E-state index in [1.54, 1.807) is 0 Å². The number of ether oxygens (including phenoxy) is 3. The second-order valence-electron chi connectivity index (χ2n) is 15.3. The zero-order valence-corrected chi connectivity index (χ0v) is 36.6. The lowest BCUT2D eigenvalue weighted by Crippen LogP contribution is -2.30. The summed E-state index contributed by atoms with van der Waals surface area (Å²) in [6.07, 6.45) is 53.7. The van der Waals surface area contributed by atoms with Crippen molar-refractivity contribution in [3.8, 4) is 0 Å². The molecule has 0 fully saturated rings. The van der Waals surface area contributed by atoms with E-state index in [9.17, 15) is 14.4 Å². The molecule has 322 valence electrons. The minimum atomic E-state index is -0.820. The van der Waals surface area contributed by atoms with Gasteiger partial charge in [-0.05, 0) is 64.2 Å². The Morgan fingerprint density at radius 1 is 0.375 bits per heavy atom. The summed E-state index contributed by atoms with van der Waals surface area (Å²) >= 11 is 0. The Labute approximate surface area is 345 Å². The number of unbranched alkanes of at least 4 members (excludes halogenated alkanes) is 20. The van der Waals surface area contributed by atoms with E-state index in [0.29, 0.717) is 19.3 Å². The molecule has 0 aromatic carbocycles. The Kier molecular flexibility index (Phi) is 42.5. The van der Waals surface area contributed by atoms with Crippen LogP contribution >= 0.6 is 0 Å². The Bertz CT molecular complexity index is 1040. The van der Waals surface area contributed by atoms with Gasteiger partial charge in [0.05, 0.1) is 0 Å². The van der Waals surface area contributed by atoms with Gasteiger partial charge in [-0.15, -0.1) is 0 Å². The molecule has 0 heterocycles. The van der Waals surface area contributed by atoms with Crippen molar-refractivity contribution < 1.29 is 28.6 Å². The molecule has 0 rings (SSSR count). The van der Waals surface area contributed by atoms with Gasteiger partial charge >= 0.3 is 17.9 Å². The van der Waals surface area contributed by atoms with Crippen LogP contribution in [0.2, 0.25) is 0 Å². The quantitative estimate of drug-likeness (QED) is 0.0266. The van der Waals surface area contributed by atoms with Crippen molar-refractivity contribution in [1.29, 1.82) is 0 Å². The number of allylic oxidation sites excluding steroid dienone is 10. The highest BCUT2D eigenvalue weighted by Crippen LogP contribution is 2.14. The maximum atomic E-state index is 12.7. The minimum absolute atomic E-state index is 0.111. The lowest BCUT2D eigenvalue weighted by Gasteiger charge is -2.18. The van der Waals surface area contributed by atoms with Crippen LogP contribution in [0.25, 0.3) is 0 Å². The van der Waals surface area contributed by atoms with E-state index in [0.717, 1.165) is 57.8 Å². The number of carbonyl (C=O) groups is 3. The fraction of sp³-hybridized carbons (Fsp3) is 0.740. The number of rotatable bonds is 41. The molecule has 0 amide bonds. The number of hydrogen-bond donors (Lipinski definition) is 0. The maximum absolute atomic E-state index is 12.7. The molecule has 0 bridgehead atoms. The second kappa shape index (κ2) is 44.8. The van der Waals surface area contributed by atoms with Crippen molar-refractivity contribution >= 4 is 17.9 Å². The van der Waals surface area contributed by atoms with Gasteiger partial charge in [0.2, 0.25) is 0 Å². The van der Waals surface area contributed by atoms with Gasteiger partial charge in [-0.1, -0.05) is 197 Å². The van der Waals surface area contributed by atoms with Crippen molar-refractivity contribution in [2.45, 2.75) is 226 Å². The zero-order chi connectivity index (χ0) is 40.8. The first-order chi connectivity index (χ1) is 27.5. The second-order valence-corrected chi connectivity index (χ2v) is 15.3. The largest absolute Gasteiger partial charge is 0.462 e. The first-order valence-corrected chi connectivity index (χ1v) is 23.3. The van der Waals surface area contributed by atoms with Gasteiger partial charge in [-0.3, -0.25) is 14.4 Å². The molecule has 1 atom stereocenters. The smallest absolute Gasteiger partial charge is 0.306 e. The van der Waals surface area contributed by atoms with E-state index in [2.05, 4.69) is 75.5 Å². The fourth-order valence-corrected chi connectivity index (χ4v) is 6.28. The Hall–Kier alpha value is -2.89. The molecule has 56 heavy (non-hydrogen) atoms. The van der Waals surface area contributed by atoms with Crippen LogP contribution < -0.4 is 0 Å². The zero-order valence-electron chi connectivity index (χ0n) is 36.6. The molecule has 6 heteroatoms. The molecule has 0 aliphatic rings. The lowest BCUT2D eigenvalue weighted by molar-refractivity contribution is -0.166. The van der Waals surface area contributed by atoms with E-state index in [1.165, 1.54) is 109 Å². The van der Waals surface area contributed by atoms with E-state index in [-0.39, 0.29) is 38.0 Å². The predicted octanol–water partition coefficient (Wildman–Crippen LogP) is 14.9. The molecule has 0 radical (unpaired) electrons. The summed E-state index contributed by atoms with van der Waals surface area (Å²) in [5.41, 5.74) is 0. The molecule has 0 saturated carbocycles. The van der Waals surface area contributed by atoms with Crippen LogP contribution in [-0.2, 0) is 28.6 Å². The molecule has 0 N–H and O–H groups in total. The third-order valence-electron chi connectivity index (χ3n) is 9.77. The third kappa shape index (κ3) is 42.3. The Morgan fingerprint density at radius 3 is 1.23 bits per heavy atom. The van der Waals surface area contributed by atoms with Crippen LogP contribution in [-0.4, -0.2) is 37.2 Å². The molecule has 0 spiro atoms. The monoisotopic (exact) mass is 783 g/mol. The first kappa shape index (κ1) is 53.1. The summed E-state index contributed by atoms with van der Waals surface area (Å²) < 4.78 is 16.6. The highest BCUT2D eigenvalue weighted by molar-refractivity contribution is 5.71. The van der Waals surface area contributed by atoms with Crippen LogP contribution in [0.5, 0.6) is 0 Å². The van der Waals surface area contributed by atoms with Gasteiger partial charge in [0.25, 0.3) is 0 Å². The van der Waals surface area contributed by atoms with E-state index in [1.807, 2.05) is 6.08 Å².